The number of hydrogen-bond donors (Lipinski definition) is 2. The number of alkyl carbamates (subject to hydrolysis) is 1. The molecule has 1 unspecified atom stereocenters. The maximum Gasteiger partial charge on any atom is 0.407 e. The summed E-state index contributed by atoms with van der Waals surface area (Å²) in [6.07, 6.45) is -0.920. The van der Waals surface area contributed by atoms with E-state index in [-0.39, 0.29) is 13.0 Å². The Morgan fingerprint density at radius 1 is 1.29 bits per heavy atom. The number of benzene rings is 1. The van der Waals surface area contributed by atoms with Crippen LogP contribution in [0, 0.1) is 0 Å². The summed E-state index contributed by atoms with van der Waals surface area (Å²) in [6.45, 7) is 3.54. The Morgan fingerprint density at radius 2 is 1.90 bits per heavy atom. The summed E-state index contributed by atoms with van der Waals surface area (Å²) in [4.78, 5) is 22.7. The van der Waals surface area contributed by atoms with Gasteiger partial charge >= 0.3 is 12.1 Å². The van der Waals surface area contributed by atoms with E-state index in [9.17, 15) is 9.59 Å². The lowest BCUT2D eigenvalue weighted by Crippen LogP contribution is -2.51. The summed E-state index contributed by atoms with van der Waals surface area (Å²) < 4.78 is 10.3. The molecule has 0 aliphatic heterocycles. The molecule has 0 saturated carbocycles. The SMILES string of the molecule is COC(C)(C)C(CC(=O)O)NC(=O)OCc1ccccc1. The van der Waals surface area contributed by atoms with Gasteiger partial charge in [0.05, 0.1) is 18.1 Å². The second kappa shape index (κ2) is 7.64. The quantitative estimate of drug-likeness (QED) is 0.805. The van der Waals surface area contributed by atoms with Crippen LogP contribution >= 0.6 is 0 Å². The second-order valence-corrected chi connectivity index (χ2v) is 5.16. The Labute approximate surface area is 124 Å². The lowest BCUT2D eigenvalue weighted by molar-refractivity contribution is -0.139. The number of hydrogen-bond acceptors (Lipinski definition) is 4. The third-order valence-corrected chi connectivity index (χ3v) is 3.25. The van der Waals surface area contributed by atoms with E-state index in [2.05, 4.69) is 5.32 Å². The zero-order valence-corrected chi connectivity index (χ0v) is 12.5. The van der Waals surface area contributed by atoms with Crippen molar-refractivity contribution in [2.24, 2.45) is 0 Å². The van der Waals surface area contributed by atoms with E-state index in [4.69, 9.17) is 14.6 Å². The summed E-state index contributed by atoms with van der Waals surface area (Å²) in [5.74, 6) is -1.02. The van der Waals surface area contributed by atoms with Gasteiger partial charge in [-0.1, -0.05) is 30.3 Å². The topological polar surface area (TPSA) is 84.9 Å². The normalized spacial score (nSPS) is 12.5. The molecule has 0 aromatic heterocycles. The van der Waals surface area contributed by atoms with Crippen LogP contribution in [0.4, 0.5) is 4.79 Å². The van der Waals surface area contributed by atoms with Crippen molar-refractivity contribution in [2.45, 2.75) is 38.5 Å². The van der Waals surface area contributed by atoms with Crippen molar-refractivity contribution in [3.8, 4) is 0 Å². The fourth-order valence-electron chi connectivity index (χ4n) is 1.69. The van der Waals surface area contributed by atoms with Crippen molar-refractivity contribution in [1.82, 2.24) is 5.32 Å². The highest BCUT2D eigenvalue weighted by Crippen LogP contribution is 2.17. The third kappa shape index (κ3) is 5.83. The van der Waals surface area contributed by atoms with Gasteiger partial charge in [0, 0.05) is 7.11 Å². The van der Waals surface area contributed by atoms with Crippen LogP contribution in [0.2, 0.25) is 0 Å². The molecule has 6 heteroatoms. The van der Waals surface area contributed by atoms with Crippen LogP contribution in [-0.2, 0) is 20.9 Å². The number of methoxy groups -OCH3 is 1. The van der Waals surface area contributed by atoms with Gasteiger partial charge in [0.25, 0.3) is 0 Å². The molecule has 0 spiro atoms. The van der Waals surface area contributed by atoms with Gasteiger partial charge in [0.1, 0.15) is 6.61 Å². The molecule has 6 nitrogen and oxygen atoms in total. The molecule has 21 heavy (non-hydrogen) atoms. The Balaban J connectivity index is 2.57. The first-order chi connectivity index (χ1) is 9.85. The number of nitrogens with one attached hydrogen (secondary N) is 1. The van der Waals surface area contributed by atoms with Crippen LogP contribution in [0.15, 0.2) is 30.3 Å². The molecule has 1 amide bonds. The van der Waals surface area contributed by atoms with Crippen molar-refractivity contribution in [3.63, 3.8) is 0 Å². The molecule has 1 rings (SSSR count). The van der Waals surface area contributed by atoms with Gasteiger partial charge in [0.2, 0.25) is 0 Å². The zero-order valence-electron chi connectivity index (χ0n) is 12.5. The van der Waals surface area contributed by atoms with Gasteiger partial charge in [-0.3, -0.25) is 4.79 Å². The fourth-order valence-corrected chi connectivity index (χ4v) is 1.69. The monoisotopic (exact) mass is 295 g/mol. The molecular formula is C15H21NO5. The zero-order chi connectivity index (χ0) is 15.9. The highest BCUT2D eigenvalue weighted by atomic mass is 16.5. The predicted molar refractivity (Wildman–Crippen MR) is 76.9 cm³/mol. The van der Waals surface area contributed by atoms with E-state index in [1.807, 2.05) is 30.3 Å². The van der Waals surface area contributed by atoms with Crippen molar-refractivity contribution in [2.75, 3.05) is 7.11 Å². The third-order valence-electron chi connectivity index (χ3n) is 3.25. The highest BCUT2D eigenvalue weighted by Gasteiger charge is 2.33. The molecule has 1 atom stereocenters. The summed E-state index contributed by atoms with van der Waals surface area (Å²) >= 11 is 0. The first kappa shape index (κ1) is 17.0. The molecule has 0 radical (unpaired) electrons. The van der Waals surface area contributed by atoms with Crippen molar-refractivity contribution >= 4 is 12.1 Å². The minimum Gasteiger partial charge on any atom is -0.481 e. The molecule has 0 saturated heterocycles. The minimum atomic E-state index is -1.02. The first-order valence-electron chi connectivity index (χ1n) is 6.59. The summed E-state index contributed by atoms with van der Waals surface area (Å²) in [6, 6.07) is 8.54. The van der Waals surface area contributed by atoms with Gasteiger partial charge < -0.3 is 19.9 Å². The number of carbonyl (C=O) groups is 2. The molecule has 0 fully saturated rings. The molecule has 0 aliphatic carbocycles. The summed E-state index contributed by atoms with van der Waals surface area (Å²) in [5.41, 5.74) is 0.0397. The Bertz CT molecular complexity index is 472. The van der Waals surface area contributed by atoms with Crippen LogP contribution in [-0.4, -0.2) is 35.9 Å². The first-order valence-corrected chi connectivity index (χ1v) is 6.59. The van der Waals surface area contributed by atoms with Gasteiger partial charge in [0.15, 0.2) is 0 Å². The maximum absolute atomic E-state index is 11.8. The van der Waals surface area contributed by atoms with Crippen LogP contribution in [0.25, 0.3) is 0 Å². The Kier molecular flexibility index (Phi) is 6.17. The van der Waals surface area contributed by atoms with E-state index >= 15 is 0 Å². The van der Waals surface area contributed by atoms with Crippen molar-refractivity contribution in [1.29, 1.82) is 0 Å². The molecule has 1 aromatic rings. The van der Waals surface area contributed by atoms with Crippen LogP contribution in [0.1, 0.15) is 25.8 Å². The predicted octanol–water partition coefficient (Wildman–Crippen LogP) is 2.18. The second-order valence-electron chi connectivity index (χ2n) is 5.16. The molecule has 1 aromatic carbocycles. The van der Waals surface area contributed by atoms with Crippen molar-refractivity contribution < 1.29 is 24.2 Å². The maximum atomic E-state index is 11.8. The minimum absolute atomic E-state index is 0.125. The molecule has 116 valence electrons. The molecular weight excluding hydrogens is 274 g/mol. The average Bonchev–Trinajstić information content (AvgIpc) is 2.45. The number of carbonyl (C=O) groups excluding carboxylic acids is 1. The lowest BCUT2D eigenvalue weighted by Gasteiger charge is -2.32. The number of aliphatic carboxylic acids is 1. The number of rotatable bonds is 7. The van der Waals surface area contributed by atoms with E-state index < -0.39 is 23.7 Å². The largest absolute Gasteiger partial charge is 0.481 e. The molecule has 2 N–H and O–H groups in total. The van der Waals surface area contributed by atoms with Gasteiger partial charge in [-0.05, 0) is 19.4 Å². The van der Waals surface area contributed by atoms with Gasteiger partial charge in [-0.2, -0.15) is 0 Å². The van der Waals surface area contributed by atoms with E-state index in [1.54, 1.807) is 13.8 Å². The van der Waals surface area contributed by atoms with Crippen LogP contribution < -0.4 is 5.32 Å². The Hall–Kier alpha value is -2.08. The number of carboxylic acid groups (broad SMARTS) is 1. The average molecular weight is 295 g/mol. The van der Waals surface area contributed by atoms with E-state index in [0.29, 0.717) is 0 Å². The van der Waals surface area contributed by atoms with Crippen LogP contribution in [0.5, 0.6) is 0 Å². The van der Waals surface area contributed by atoms with Gasteiger partial charge in [-0.15, -0.1) is 0 Å². The molecule has 0 aliphatic rings. The van der Waals surface area contributed by atoms with Crippen molar-refractivity contribution in [3.05, 3.63) is 35.9 Å². The molecule has 0 bridgehead atoms. The van der Waals surface area contributed by atoms with E-state index in [1.165, 1.54) is 7.11 Å². The lowest BCUT2D eigenvalue weighted by atomic mass is 9.96. The fraction of sp³-hybridized carbons (Fsp3) is 0.467. The smallest absolute Gasteiger partial charge is 0.407 e. The summed E-state index contributed by atoms with van der Waals surface area (Å²) in [7, 11) is 1.46. The number of ether oxygens (including phenoxy) is 2. The van der Waals surface area contributed by atoms with Crippen LogP contribution in [0.3, 0.4) is 0 Å². The van der Waals surface area contributed by atoms with Gasteiger partial charge in [-0.25, -0.2) is 4.79 Å². The standard InChI is InChI=1S/C15H21NO5/c1-15(2,20-3)12(9-13(17)18)16-14(19)21-10-11-7-5-4-6-8-11/h4-8,12H,9-10H2,1-3H3,(H,16,19)(H,17,18). The number of amides is 1. The Morgan fingerprint density at radius 3 is 2.43 bits per heavy atom. The summed E-state index contributed by atoms with van der Waals surface area (Å²) in [5, 5.41) is 11.5. The number of carboxylic acids is 1. The highest BCUT2D eigenvalue weighted by molar-refractivity contribution is 5.71. The molecule has 0 heterocycles. The van der Waals surface area contributed by atoms with E-state index in [0.717, 1.165) is 5.56 Å².